The van der Waals surface area contributed by atoms with E-state index in [1.165, 1.54) is 0 Å². The van der Waals surface area contributed by atoms with Crippen molar-refractivity contribution in [2.75, 3.05) is 19.5 Å². The molecule has 1 aliphatic rings. The molecule has 8 heteroatoms. The molecule has 4 rings (SSSR count). The number of nitrogens with zero attached hydrogens (tertiary/aromatic N) is 3. The molecule has 0 bridgehead atoms. The first-order chi connectivity index (χ1) is 16.0. The third kappa shape index (κ3) is 5.13. The number of Topliss-reactive ketones (excluding diaryl/α,β-unsaturated/α-hetero) is 1. The van der Waals surface area contributed by atoms with Gasteiger partial charge in [0.25, 0.3) is 0 Å². The predicted octanol–water partition coefficient (Wildman–Crippen LogP) is 5.20. The minimum Gasteiger partial charge on any atom is -0.492 e. The van der Waals surface area contributed by atoms with E-state index in [1.54, 1.807) is 11.8 Å². The molecule has 1 aliphatic heterocycles. The van der Waals surface area contributed by atoms with E-state index in [-0.39, 0.29) is 0 Å². The van der Waals surface area contributed by atoms with Gasteiger partial charge in [-0.15, -0.1) is 11.8 Å². The van der Waals surface area contributed by atoms with E-state index in [4.69, 9.17) is 9.84 Å². The molecule has 3 aromatic rings. The van der Waals surface area contributed by atoms with Crippen molar-refractivity contribution in [1.82, 2.24) is 14.7 Å². The van der Waals surface area contributed by atoms with Crippen LogP contribution in [-0.4, -0.2) is 52.3 Å². The number of rotatable bonds is 8. The van der Waals surface area contributed by atoms with Crippen molar-refractivity contribution in [3.05, 3.63) is 69.7 Å². The van der Waals surface area contributed by atoms with Gasteiger partial charge in [0.2, 0.25) is 5.78 Å². The van der Waals surface area contributed by atoms with Gasteiger partial charge in [0.1, 0.15) is 17.5 Å². The summed E-state index contributed by atoms with van der Waals surface area (Å²) in [6.07, 6.45) is 5.26. The summed E-state index contributed by atoms with van der Waals surface area (Å²) in [6.45, 7) is 2.72. The van der Waals surface area contributed by atoms with Crippen molar-refractivity contribution in [1.29, 1.82) is 0 Å². The molecule has 0 N–H and O–H groups in total. The van der Waals surface area contributed by atoms with Crippen LogP contribution in [0.1, 0.15) is 18.9 Å². The van der Waals surface area contributed by atoms with Crippen molar-refractivity contribution in [3.63, 3.8) is 0 Å². The number of thioether (sulfide) groups is 1. The maximum absolute atomic E-state index is 12.3. The monoisotopic (exact) mass is 525 g/mol. The maximum Gasteiger partial charge on any atom is 0.217 e. The predicted molar refractivity (Wildman–Crippen MR) is 136 cm³/mol. The van der Waals surface area contributed by atoms with Crippen LogP contribution in [0.4, 0.5) is 0 Å². The Hall–Kier alpha value is -2.68. The van der Waals surface area contributed by atoms with Crippen LogP contribution < -0.4 is 4.74 Å². The number of likely N-dealkylation sites (N-methyl/N-ethyl adjacent to an activating group) is 1. The summed E-state index contributed by atoms with van der Waals surface area (Å²) >= 11 is 5.18. The molecule has 0 aliphatic carbocycles. The average Bonchev–Trinajstić information content (AvgIpc) is 3.42. The number of aldehydes is 1. The zero-order valence-corrected chi connectivity index (χ0v) is 20.8. The molecule has 2 heterocycles. The number of halogens is 1. The molecule has 0 radical (unpaired) electrons. The SMILES string of the molecule is CCCOc1ccc(-c2nn(-c3ccccc3)cc2C=C2SCN(C)C2C(=O)C=O)cc1Br. The minimum absolute atomic E-state index is 0.404. The second kappa shape index (κ2) is 10.5. The smallest absolute Gasteiger partial charge is 0.217 e. The van der Waals surface area contributed by atoms with Gasteiger partial charge in [-0.3, -0.25) is 14.5 Å². The number of hydrogen-bond acceptors (Lipinski definition) is 6. The van der Waals surface area contributed by atoms with Gasteiger partial charge in [-0.05, 0) is 65.8 Å². The summed E-state index contributed by atoms with van der Waals surface area (Å²) < 4.78 is 8.47. The number of para-hydroxylation sites is 1. The number of ketones is 1. The first-order valence-electron chi connectivity index (χ1n) is 10.6. The number of carbonyl (C=O) groups is 2. The molecule has 0 spiro atoms. The van der Waals surface area contributed by atoms with Crippen LogP contribution >= 0.6 is 27.7 Å². The first-order valence-corrected chi connectivity index (χ1v) is 12.4. The third-order valence-electron chi connectivity index (χ3n) is 5.26. The van der Waals surface area contributed by atoms with E-state index in [1.807, 2.05) is 77.4 Å². The Labute approximate surface area is 205 Å². The Morgan fingerprint density at radius 2 is 2.06 bits per heavy atom. The lowest BCUT2D eigenvalue weighted by Gasteiger charge is -2.15. The van der Waals surface area contributed by atoms with Crippen LogP contribution in [0.5, 0.6) is 5.75 Å². The zero-order chi connectivity index (χ0) is 23.4. The Morgan fingerprint density at radius 1 is 1.27 bits per heavy atom. The molecule has 0 amide bonds. The summed E-state index contributed by atoms with van der Waals surface area (Å²) in [6, 6.07) is 15.2. The molecule has 1 saturated heterocycles. The standard InChI is InChI=1S/C25H24BrN3O3S/c1-3-11-32-22-10-9-17(12-20(22)26)24-18(14-29(27-24)19-7-5-4-6-8-19)13-23-25(21(31)15-30)28(2)16-33-23/h4-10,12-15,25H,3,11,16H2,1-2H3. The van der Waals surface area contributed by atoms with E-state index in [9.17, 15) is 9.59 Å². The maximum atomic E-state index is 12.3. The molecule has 1 fully saturated rings. The highest BCUT2D eigenvalue weighted by molar-refractivity contribution is 9.10. The highest BCUT2D eigenvalue weighted by Crippen LogP contribution is 2.37. The fraction of sp³-hybridized carbons (Fsp3) is 0.240. The Bertz CT molecular complexity index is 1190. The number of hydrogen-bond donors (Lipinski definition) is 0. The summed E-state index contributed by atoms with van der Waals surface area (Å²) in [5.74, 6) is 0.992. The lowest BCUT2D eigenvalue weighted by atomic mass is 10.1. The van der Waals surface area contributed by atoms with Crippen molar-refractivity contribution < 1.29 is 14.3 Å². The van der Waals surface area contributed by atoms with Crippen molar-refractivity contribution in [2.45, 2.75) is 19.4 Å². The number of ether oxygens (including phenoxy) is 1. The Morgan fingerprint density at radius 3 is 2.76 bits per heavy atom. The topological polar surface area (TPSA) is 64.4 Å². The molecule has 1 unspecified atom stereocenters. The number of aromatic nitrogens is 2. The zero-order valence-electron chi connectivity index (χ0n) is 18.4. The molecular weight excluding hydrogens is 502 g/mol. The highest BCUT2D eigenvalue weighted by atomic mass is 79.9. The van der Waals surface area contributed by atoms with Gasteiger partial charge in [0.15, 0.2) is 6.29 Å². The van der Waals surface area contributed by atoms with Crippen molar-refractivity contribution >= 4 is 45.8 Å². The number of carbonyl (C=O) groups excluding carboxylic acids is 2. The van der Waals surface area contributed by atoms with Crippen LogP contribution in [0.15, 0.2) is 64.1 Å². The fourth-order valence-corrected chi connectivity index (χ4v) is 5.31. The molecule has 0 saturated carbocycles. The van der Waals surface area contributed by atoms with E-state index in [0.717, 1.165) is 44.1 Å². The van der Waals surface area contributed by atoms with Gasteiger partial charge in [-0.1, -0.05) is 25.1 Å². The molecule has 6 nitrogen and oxygen atoms in total. The van der Waals surface area contributed by atoms with Crippen molar-refractivity contribution in [3.8, 4) is 22.7 Å². The molecule has 2 aromatic carbocycles. The normalized spacial score (nSPS) is 17.4. The molecular formula is C25H24BrN3O3S. The third-order valence-corrected chi connectivity index (χ3v) is 7.09. The van der Waals surface area contributed by atoms with E-state index in [0.29, 0.717) is 18.8 Å². The van der Waals surface area contributed by atoms with Gasteiger partial charge in [0, 0.05) is 28.1 Å². The van der Waals surface area contributed by atoms with Gasteiger partial charge >= 0.3 is 0 Å². The van der Waals surface area contributed by atoms with Gasteiger partial charge < -0.3 is 4.74 Å². The summed E-state index contributed by atoms with van der Waals surface area (Å²) in [5, 5.41) is 4.87. The average molecular weight is 526 g/mol. The minimum atomic E-state index is -0.558. The van der Waals surface area contributed by atoms with E-state index < -0.39 is 11.8 Å². The Kier molecular flexibility index (Phi) is 7.47. The van der Waals surface area contributed by atoms with Crippen LogP contribution in [0, 0.1) is 0 Å². The second-order valence-electron chi connectivity index (χ2n) is 7.71. The summed E-state index contributed by atoms with van der Waals surface area (Å²) in [4.78, 5) is 26.2. The van der Waals surface area contributed by atoms with Crippen LogP contribution in [-0.2, 0) is 9.59 Å². The molecule has 1 atom stereocenters. The highest BCUT2D eigenvalue weighted by Gasteiger charge is 2.33. The van der Waals surface area contributed by atoms with Crippen LogP contribution in [0.2, 0.25) is 0 Å². The largest absolute Gasteiger partial charge is 0.492 e. The van der Waals surface area contributed by atoms with E-state index >= 15 is 0 Å². The molecule has 33 heavy (non-hydrogen) atoms. The number of benzene rings is 2. The van der Waals surface area contributed by atoms with Crippen LogP contribution in [0.3, 0.4) is 0 Å². The lowest BCUT2D eigenvalue weighted by molar-refractivity contribution is -0.131. The van der Waals surface area contributed by atoms with Gasteiger partial charge in [-0.2, -0.15) is 5.10 Å². The van der Waals surface area contributed by atoms with Crippen LogP contribution in [0.25, 0.3) is 23.0 Å². The van der Waals surface area contributed by atoms with Gasteiger partial charge in [0.05, 0.1) is 16.8 Å². The van der Waals surface area contributed by atoms with Crippen molar-refractivity contribution in [2.24, 2.45) is 0 Å². The summed E-state index contributed by atoms with van der Waals surface area (Å²) in [7, 11) is 1.85. The first kappa shape index (κ1) is 23.5. The van der Waals surface area contributed by atoms with E-state index in [2.05, 4.69) is 22.9 Å². The Balaban J connectivity index is 1.80. The fourth-order valence-electron chi connectivity index (χ4n) is 3.65. The van der Waals surface area contributed by atoms with Gasteiger partial charge in [-0.25, -0.2) is 4.68 Å². The molecule has 1 aromatic heterocycles. The summed E-state index contributed by atoms with van der Waals surface area (Å²) in [5.41, 5.74) is 3.50. The second-order valence-corrected chi connectivity index (χ2v) is 9.58. The quantitative estimate of drug-likeness (QED) is 0.297. The lowest BCUT2D eigenvalue weighted by Crippen LogP contribution is -2.34. The molecule has 170 valence electrons.